The van der Waals surface area contributed by atoms with Crippen molar-refractivity contribution in [3.63, 3.8) is 0 Å². The molecule has 0 spiro atoms. The van der Waals surface area contributed by atoms with Crippen LogP contribution in [0.15, 0.2) is 12.1 Å². The summed E-state index contributed by atoms with van der Waals surface area (Å²) in [5.74, 6) is -2.17. The van der Waals surface area contributed by atoms with Crippen molar-refractivity contribution in [2.45, 2.75) is 46.5 Å². The highest BCUT2D eigenvalue weighted by Crippen LogP contribution is 2.37. The van der Waals surface area contributed by atoms with Gasteiger partial charge in [-0.15, -0.1) is 0 Å². The third-order valence-corrected chi connectivity index (χ3v) is 5.72. The van der Waals surface area contributed by atoms with Crippen LogP contribution in [0.5, 0.6) is 0 Å². The van der Waals surface area contributed by atoms with Gasteiger partial charge in [0.05, 0.1) is 11.8 Å². The van der Waals surface area contributed by atoms with Crippen LogP contribution in [0.1, 0.15) is 52.7 Å². The van der Waals surface area contributed by atoms with Crippen molar-refractivity contribution in [1.29, 1.82) is 0 Å². The van der Waals surface area contributed by atoms with Crippen molar-refractivity contribution < 1.29 is 23.9 Å². The molecule has 1 aromatic rings. The molecular formula is C21H25NO5. The van der Waals surface area contributed by atoms with Gasteiger partial charge < -0.3 is 4.74 Å². The molecule has 2 atom stereocenters. The van der Waals surface area contributed by atoms with Gasteiger partial charge in [-0.25, -0.2) is 0 Å². The van der Waals surface area contributed by atoms with Crippen molar-refractivity contribution in [1.82, 2.24) is 4.90 Å². The van der Waals surface area contributed by atoms with Gasteiger partial charge in [0.25, 0.3) is 0 Å². The minimum atomic E-state index is -0.731. The molecular weight excluding hydrogens is 346 g/mol. The Morgan fingerprint density at radius 2 is 1.52 bits per heavy atom. The zero-order chi connectivity index (χ0) is 19.7. The summed E-state index contributed by atoms with van der Waals surface area (Å²) < 4.78 is 5.06. The molecule has 1 saturated heterocycles. The first-order valence-corrected chi connectivity index (χ1v) is 9.41. The molecule has 0 bridgehead atoms. The average molecular weight is 371 g/mol. The lowest BCUT2D eigenvalue weighted by Crippen LogP contribution is -2.37. The molecule has 0 aromatic heterocycles. The molecule has 1 aromatic carbocycles. The van der Waals surface area contributed by atoms with Crippen LogP contribution >= 0.6 is 0 Å². The highest BCUT2D eigenvalue weighted by atomic mass is 16.5. The predicted molar refractivity (Wildman–Crippen MR) is 98.1 cm³/mol. The number of nitrogens with zero attached hydrogens (tertiary/aromatic N) is 1. The Morgan fingerprint density at radius 3 is 2.11 bits per heavy atom. The van der Waals surface area contributed by atoms with E-state index in [1.165, 1.54) is 0 Å². The normalized spacial score (nSPS) is 22.0. The van der Waals surface area contributed by atoms with Crippen LogP contribution in [0, 0.1) is 32.6 Å². The second-order valence-corrected chi connectivity index (χ2v) is 7.60. The first-order valence-electron chi connectivity index (χ1n) is 9.41. The van der Waals surface area contributed by atoms with Crippen molar-refractivity contribution in [3.8, 4) is 0 Å². The second-order valence-electron chi connectivity index (χ2n) is 7.60. The number of esters is 1. The number of rotatable bonds is 5. The first-order chi connectivity index (χ1) is 12.8. The van der Waals surface area contributed by atoms with E-state index in [0.717, 1.165) is 34.4 Å². The van der Waals surface area contributed by atoms with E-state index in [0.29, 0.717) is 18.4 Å². The fraction of sp³-hybridized carbons (Fsp3) is 0.524. The minimum Gasteiger partial charge on any atom is -0.456 e. The Kier molecular flexibility index (Phi) is 5.44. The van der Waals surface area contributed by atoms with Crippen LogP contribution in [0.2, 0.25) is 0 Å². The Hall–Kier alpha value is -2.50. The van der Waals surface area contributed by atoms with E-state index in [9.17, 15) is 19.2 Å². The molecule has 144 valence electrons. The maximum absolute atomic E-state index is 12.4. The minimum absolute atomic E-state index is 0.280. The number of ether oxygens (including phenoxy) is 1. The van der Waals surface area contributed by atoms with Crippen LogP contribution < -0.4 is 0 Å². The Bertz CT molecular complexity index is 789. The smallest absolute Gasteiger partial charge is 0.326 e. The van der Waals surface area contributed by atoms with E-state index >= 15 is 0 Å². The number of Topliss-reactive ketones (excluding diaryl/α,β-unsaturated/α-hetero) is 1. The molecule has 2 fully saturated rings. The first kappa shape index (κ1) is 19.3. The molecule has 0 N–H and O–H groups in total. The summed E-state index contributed by atoms with van der Waals surface area (Å²) in [5, 5.41) is 0. The molecule has 2 aliphatic rings. The van der Waals surface area contributed by atoms with Gasteiger partial charge in [-0.1, -0.05) is 18.9 Å². The standard InChI is InChI=1S/C21H25NO5/c1-12-8-14(3)17(9-13(12)2)18(23)11-27-19(24)10-22-20(25)15-6-4-5-7-16(15)21(22)26/h8-9,15-16H,4-7,10-11H2,1-3H3/t15-,16+. The molecule has 0 unspecified atom stereocenters. The van der Waals surface area contributed by atoms with E-state index in [1.54, 1.807) is 6.07 Å². The Morgan fingerprint density at radius 1 is 0.963 bits per heavy atom. The second kappa shape index (κ2) is 7.62. The molecule has 1 heterocycles. The number of aryl methyl sites for hydroxylation is 3. The Labute approximate surface area is 158 Å². The number of imide groups is 1. The van der Waals surface area contributed by atoms with Gasteiger partial charge in [-0.3, -0.25) is 24.1 Å². The molecule has 6 nitrogen and oxygen atoms in total. The van der Waals surface area contributed by atoms with Crippen molar-refractivity contribution in [3.05, 3.63) is 34.4 Å². The van der Waals surface area contributed by atoms with E-state index < -0.39 is 19.1 Å². The molecule has 1 saturated carbocycles. The van der Waals surface area contributed by atoms with Crippen molar-refractivity contribution >= 4 is 23.6 Å². The van der Waals surface area contributed by atoms with Gasteiger partial charge in [-0.05, 0) is 56.4 Å². The van der Waals surface area contributed by atoms with Gasteiger partial charge in [0, 0.05) is 5.56 Å². The van der Waals surface area contributed by atoms with E-state index in [2.05, 4.69) is 0 Å². The van der Waals surface area contributed by atoms with Gasteiger partial charge >= 0.3 is 5.97 Å². The largest absolute Gasteiger partial charge is 0.456 e. The summed E-state index contributed by atoms with van der Waals surface area (Å²) in [4.78, 5) is 50.3. The van der Waals surface area contributed by atoms with Crippen LogP contribution in [-0.4, -0.2) is 41.6 Å². The van der Waals surface area contributed by atoms with Crippen LogP contribution in [0.25, 0.3) is 0 Å². The SMILES string of the molecule is Cc1cc(C)c(C(=O)COC(=O)CN2C(=O)[C@H]3CCCC[C@H]3C2=O)cc1C. The number of fused-ring (bicyclic) bond motifs is 1. The van der Waals surface area contributed by atoms with Crippen molar-refractivity contribution in [2.75, 3.05) is 13.2 Å². The fourth-order valence-electron chi connectivity index (χ4n) is 4.05. The van der Waals surface area contributed by atoms with E-state index in [-0.39, 0.29) is 29.4 Å². The number of benzene rings is 1. The van der Waals surface area contributed by atoms with Crippen LogP contribution in [0.3, 0.4) is 0 Å². The monoisotopic (exact) mass is 371 g/mol. The van der Waals surface area contributed by atoms with Crippen molar-refractivity contribution in [2.24, 2.45) is 11.8 Å². The summed E-state index contributed by atoms with van der Waals surface area (Å²) in [5.41, 5.74) is 3.43. The number of carbonyl (C=O) groups is 4. The molecule has 6 heteroatoms. The van der Waals surface area contributed by atoms with E-state index in [4.69, 9.17) is 4.74 Å². The molecule has 27 heavy (non-hydrogen) atoms. The van der Waals surface area contributed by atoms with Crippen LogP contribution in [-0.2, 0) is 19.1 Å². The highest BCUT2D eigenvalue weighted by molar-refractivity contribution is 6.07. The third kappa shape index (κ3) is 3.80. The third-order valence-electron chi connectivity index (χ3n) is 5.72. The van der Waals surface area contributed by atoms with Gasteiger partial charge in [0.15, 0.2) is 6.61 Å². The summed E-state index contributed by atoms with van der Waals surface area (Å²) in [6, 6.07) is 3.72. The Balaban J connectivity index is 1.58. The number of amides is 2. The maximum Gasteiger partial charge on any atom is 0.326 e. The summed E-state index contributed by atoms with van der Waals surface area (Å²) >= 11 is 0. The number of hydrogen-bond acceptors (Lipinski definition) is 5. The summed E-state index contributed by atoms with van der Waals surface area (Å²) in [6.45, 7) is 4.92. The van der Waals surface area contributed by atoms with Gasteiger partial charge in [0.2, 0.25) is 17.6 Å². The van der Waals surface area contributed by atoms with E-state index in [1.807, 2.05) is 26.8 Å². The van der Waals surface area contributed by atoms with Gasteiger partial charge in [0.1, 0.15) is 6.54 Å². The zero-order valence-corrected chi connectivity index (χ0v) is 16.0. The molecule has 2 amide bonds. The highest BCUT2D eigenvalue weighted by Gasteiger charge is 2.48. The lowest BCUT2D eigenvalue weighted by Gasteiger charge is -2.19. The lowest BCUT2D eigenvalue weighted by molar-refractivity contribution is -0.152. The summed E-state index contributed by atoms with van der Waals surface area (Å²) in [6.07, 6.45) is 3.27. The maximum atomic E-state index is 12.4. The quantitative estimate of drug-likeness (QED) is 0.451. The fourth-order valence-corrected chi connectivity index (χ4v) is 4.05. The summed E-state index contributed by atoms with van der Waals surface area (Å²) in [7, 11) is 0. The molecule has 1 aliphatic carbocycles. The average Bonchev–Trinajstić information content (AvgIpc) is 2.88. The van der Waals surface area contributed by atoms with Gasteiger partial charge in [-0.2, -0.15) is 0 Å². The number of ketones is 1. The predicted octanol–water partition coefficient (Wildman–Crippen LogP) is 2.51. The molecule has 1 aliphatic heterocycles. The number of carbonyl (C=O) groups excluding carboxylic acids is 4. The molecule has 3 rings (SSSR count). The topological polar surface area (TPSA) is 80.8 Å². The lowest BCUT2D eigenvalue weighted by atomic mass is 9.81. The zero-order valence-electron chi connectivity index (χ0n) is 16.0. The molecule has 0 radical (unpaired) electrons. The number of likely N-dealkylation sites (tertiary alicyclic amines) is 1. The number of hydrogen-bond donors (Lipinski definition) is 0. The van der Waals surface area contributed by atoms with Crippen LogP contribution in [0.4, 0.5) is 0 Å².